The fourth-order valence-corrected chi connectivity index (χ4v) is 3.63. The lowest BCUT2D eigenvalue weighted by atomic mass is 9.89. The van der Waals surface area contributed by atoms with Crippen molar-refractivity contribution in [2.75, 3.05) is 20.1 Å². The highest BCUT2D eigenvalue weighted by Gasteiger charge is 2.16. The Labute approximate surface area is 178 Å². The molecule has 0 spiro atoms. The van der Waals surface area contributed by atoms with Crippen molar-refractivity contribution in [1.82, 2.24) is 20.6 Å². The van der Waals surface area contributed by atoms with Crippen LogP contribution in [-0.4, -0.2) is 36.1 Å². The third kappa shape index (κ3) is 6.83. The molecule has 0 amide bonds. The van der Waals surface area contributed by atoms with Gasteiger partial charge in [0.15, 0.2) is 5.96 Å². The minimum absolute atomic E-state index is 0. The van der Waals surface area contributed by atoms with Crippen LogP contribution in [0, 0.1) is 19.8 Å². The number of halogens is 1. The number of aromatic nitrogens is 2. The van der Waals surface area contributed by atoms with Crippen LogP contribution in [0.25, 0.3) is 0 Å². The van der Waals surface area contributed by atoms with Crippen LogP contribution in [0.2, 0.25) is 0 Å². The zero-order valence-corrected chi connectivity index (χ0v) is 19.4. The van der Waals surface area contributed by atoms with Crippen LogP contribution in [0.15, 0.2) is 29.5 Å². The molecule has 0 aliphatic heterocycles. The van der Waals surface area contributed by atoms with E-state index < -0.39 is 0 Å². The van der Waals surface area contributed by atoms with Crippen molar-refractivity contribution in [2.45, 2.75) is 40.0 Å². The van der Waals surface area contributed by atoms with E-state index in [1.54, 1.807) is 11.3 Å². The molecule has 0 bridgehead atoms. The molecular weight excluding hydrogens is 457 g/mol. The van der Waals surface area contributed by atoms with Gasteiger partial charge in [-0.05, 0) is 31.4 Å². The van der Waals surface area contributed by atoms with Crippen LogP contribution in [0.4, 0.5) is 0 Å². The molecule has 2 rings (SSSR count). The van der Waals surface area contributed by atoms with Gasteiger partial charge >= 0.3 is 0 Å². The number of thiazole rings is 1. The average molecular weight is 487 g/mol. The van der Waals surface area contributed by atoms with Crippen molar-refractivity contribution in [3.8, 4) is 0 Å². The van der Waals surface area contributed by atoms with E-state index >= 15 is 0 Å². The van der Waals surface area contributed by atoms with Crippen molar-refractivity contribution in [1.29, 1.82) is 0 Å². The molecule has 7 heteroatoms. The van der Waals surface area contributed by atoms with E-state index in [0.29, 0.717) is 11.8 Å². The van der Waals surface area contributed by atoms with Gasteiger partial charge in [0.2, 0.25) is 0 Å². The molecule has 0 radical (unpaired) electrons. The Balaban J connectivity index is 0.00000338. The molecular formula is C19H30IN5S. The Morgan fingerprint density at radius 3 is 2.58 bits per heavy atom. The van der Waals surface area contributed by atoms with Crippen LogP contribution >= 0.6 is 35.3 Å². The smallest absolute Gasteiger partial charge is 0.191 e. The maximum absolute atomic E-state index is 4.58. The highest BCUT2D eigenvalue weighted by Crippen LogP contribution is 2.22. The van der Waals surface area contributed by atoms with Crippen LogP contribution < -0.4 is 10.6 Å². The number of nitrogens with one attached hydrogen (secondary N) is 2. The molecule has 26 heavy (non-hydrogen) atoms. The minimum Gasteiger partial charge on any atom is -0.356 e. The van der Waals surface area contributed by atoms with Gasteiger partial charge in [-0.2, -0.15) is 0 Å². The SMILES string of the molecule is CN=C(NCCc1nc(C)c(C)s1)NCC(c1cccnc1)C(C)C.I. The normalized spacial score (nSPS) is 12.6. The monoisotopic (exact) mass is 487 g/mol. The molecule has 0 aliphatic rings. The molecule has 0 saturated carbocycles. The first-order valence-electron chi connectivity index (χ1n) is 8.78. The Morgan fingerprint density at radius 1 is 1.27 bits per heavy atom. The molecule has 1 unspecified atom stereocenters. The van der Waals surface area contributed by atoms with E-state index in [0.717, 1.165) is 31.2 Å². The van der Waals surface area contributed by atoms with E-state index in [1.165, 1.54) is 15.4 Å². The predicted octanol–water partition coefficient (Wildman–Crippen LogP) is 3.92. The summed E-state index contributed by atoms with van der Waals surface area (Å²) in [4.78, 5) is 14.5. The number of nitrogens with zero attached hydrogens (tertiary/aromatic N) is 3. The zero-order chi connectivity index (χ0) is 18.2. The Kier molecular flexibility index (Phi) is 10.1. The average Bonchev–Trinajstić information content (AvgIpc) is 2.92. The maximum Gasteiger partial charge on any atom is 0.191 e. The van der Waals surface area contributed by atoms with Crippen LogP contribution in [0.1, 0.15) is 40.9 Å². The molecule has 2 N–H and O–H groups in total. The van der Waals surface area contributed by atoms with Gasteiger partial charge in [0.25, 0.3) is 0 Å². The van der Waals surface area contributed by atoms with Gasteiger partial charge in [-0.1, -0.05) is 19.9 Å². The molecule has 0 aliphatic carbocycles. The first-order chi connectivity index (χ1) is 12.0. The number of aliphatic imine (C=N–C) groups is 1. The molecule has 1 atom stereocenters. The Hall–Kier alpha value is -1.22. The van der Waals surface area contributed by atoms with Crippen LogP contribution in [0.5, 0.6) is 0 Å². The van der Waals surface area contributed by atoms with E-state index in [1.807, 2.05) is 25.5 Å². The van der Waals surface area contributed by atoms with Crippen molar-refractivity contribution < 1.29 is 0 Å². The predicted molar refractivity (Wildman–Crippen MR) is 122 cm³/mol. The molecule has 2 heterocycles. The summed E-state index contributed by atoms with van der Waals surface area (Å²) in [5, 5.41) is 8.00. The highest BCUT2D eigenvalue weighted by atomic mass is 127. The zero-order valence-electron chi connectivity index (χ0n) is 16.2. The van der Waals surface area contributed by atoms with Crippen molar-refractivity contribution in [2.24, 2.45) is 10.9 Å². The number of pyridine rings is 1. The molecule has 0 aromatic carbocycles. The summed E-state index contributed by atoms with van der Waals surface area (Å²) in [7, 11) is 1.81. The molecule has 2 aromatic rings. The Bertz CT molecular complexity index is 665. The fourth-order valence-electron chi connectivity index (χ4n) is 2.69. The standard InChI is InChI=1S/C19H29N5S.HI/c1-13(2)17(16-7-6-9-21-11-16)12-23-19(20-5)22-10-8-18-24-14(3)15(4)25-18;/h6-7,9,11,13,17H,8,10,12H2,1-5H3,(H2,20,22,23);1H. The summed E-state index contributed by atoms with van der Waals surface area (Å²) in [6, 6.07) is 4.14. The lowest BCUT2D eigenvalue weighted by Crippen LogP contribution is -2.40. The number of hydrogen-bond donors (Lipinski definition) is 2. The third-order valence-electron chi connectivity index (χ3n) is 4.33. The summed E-state index contributed by atoms with van der Waals surface area (Å²) < 4.78 is 0. The van der Waals surface area contributed by atoms with Crippen LogP contribution in [-0.2, 0) is 6.42 Å². The van der Waals surface area contributed by atoms with E-state index in [2.05, 4.69) is 59.4 Å². The number of aryl methyl sites for hydroxylation is 2. The first-order valence-corrected chi connectivity index (χ1v) is 9.60. The summed E-state index contributed by atoms with van der Waals surface area (Å²) in [5.41, 5.74) is 2.40. The fraction of sp³-hybridized carbons (Fsp3) is 0.526. The van der Waals surface area contributed by atoms with E-state index in [9.17, 15) is 0 Å². The van der Waals surface area contributed by atoms with Crippen molar-refractivity contribution >= 4 is 41.3 Å². The molecule has 144 valence electrons. The molecule has 5 nitrogen and oxygen atoms in total. The molecule has 2 aromatic heterocycles. The number of hydrogen-bond acceptors (Lipinski definition) is 4. The van der Waals surface area contributed by atoms with Gasteiger partial charge in [0.05, 0.1) is 10.7 Å². The third-order valence-corrected chi connectivity index (χ3v) is 5.47. The van der Waals surface area contributed by atoms with Gasteiger partial charge in [-0.15, -0.1) is 35.3 Å². The largest absolute Gasteiger partial charge is 0.356 e. The van der Waals surface area contributed by atoms with Gasteiger partial charge in [0, 0.05) is 49.7 Å². The molecule has 0 saturated heterocycles. The summed E-state index contributed by atoms with van der Waals surface area (Å²) in [6.45, 7) is 10.3. The van der Waals surface area contributed by atoms with Gasteiger partial charge in [-0.25, -0.2) is 4.98 Å². The second kappa shape index (κ2) is 11.5. The quantitative estimate of drug-likeness (QED) is 0.353. The first kappa shape index (κ1) is 22.8. The number of rotatable bonds is 7. The maximum atomic E-state index is 4.58. The summed E-state index contributed by atoms with van der Waals surface area (Å²) in [5.74, 6) is 1.76. The topological polar surface area (TPSA) is 62.2 Å². The van der Waals surface area contributed by atoms with Crippen molar-refractivity contribution in [3.63, 3.8) is 0 Å². The lowest BCUT2D eigenvalue weighted by Gasteiger charge is -2.22. The number of guanidine groups is 1. The summed E-state index contributed by atoms with van der Waals surface area (Å²) >= 11 is 1.77. The van der Waals surface area contributed by atoms with E-state index in [4.69, 9.17) is 0 Å². The minimum atomic E-state index is 0. The lowest BCUT2D eigenvalue weighted by molar-refractivity contribution is 0.487. The van der Waals surface area contributed by atoms with Gasteiger partial charge < -0.3 is 10.6 Å². The van der Waals surface area contributed by atoms with Crippen LogP contribution in [0.3, 0.4) is 0 Å². The van der Waals surface area contributed by atoms with Crippen molar-refractivity contribution in [3.05, 3.63) is 45.7 Å². The van der Waals surface area contributed by atoms with Gasteiger partial charge in [0.1, 0.15) is 0 Å². The second-order valence-corrected chi connectivity index (χ2v) is 7.80. The highest BCUT2D eigenvalue weighted by molar-refractivity contribution is 14.0. The molecule has 0 fully saturated rings. The second-order valence-electron chi connectivity index (χ2n) is 6.52. The Morgan fingerprint density at radius 2 is 2.04 bits per heavy atom. The van der Waals surface area contributed by atoms with Gasteiger partial charge in [-0.3, -0.25) is 9.98 Å². The summed E-state index contributed by atoms with van der Waals surface area (Å²) in [6.07, 6.45) is 4.68. The van der Waals surface area contributed by atoms with E-state index in [-0.39, 0.29) is 24.0 Å².